The first-order valence-corrected chi connectivity index (χ1v) is 11.6. The smallest absolute Gasteiger partial charge is 0.323 e. The molecular formula is C23H28N4O3S. The van der Waals surface area contributed by atoms with Gasteiger partial charge >= 0.3 is 6.03 Å². The van der Waals surface area contributed by atoms with Crippen molar-refractivity contribution < 1.29 is 14.4 Å². The summed E-state index contributed by atoms with van der Waals surface area (Å²) < 4.78 is 0. The van der Waals surface area contributed by atoms with E-state index in [1.165, 1.54) is 10.5 Å². The number of hydrogen-bond acceptors (Lipinski definition) is 4. The fourth-order valence-electron chi connectivity index (χ4n) is 3.33. The molecular weight excluding hydrogens is 412 g/mol. The summed E-state index contributed by atoms with van der Waals surface area (Å²) in [5, 5.41) is 8.46. The molecule has 3 N–H and O–H groups in total. The summed E-state index contributed by atoms with van der Waals surface area (Å²) >= 11 is 1.60. The highest BCUT2D eigenvalue weighted by Crippen LogP contribution is 2.29. The Bertz CT molecular complexity index is 946. The molecule has 8 heteroatoms. The summed E-state index contributed by atoms with van der Waals surface area (Å²) in [5.74, 6) is 0.559. The number of hydrogen-bond donors (Lipinski definition) is 3. The largest absolute Gasteiger partial charge is 0.326 e. The van der Waals surface area contributed by atoms with Gasteiger partial charge in [0.05, 0.1) is 11.4 Å². The zero-order valence-electron chi connectivity index (χ0n) is 18.0. The molecule has 0 spiro atoms. The number of carbonyl (C=O) groups is 3. The number of fused-ring (bicyclic) bond motifs is 1. The molecule has 3 rings (SSSR count). The number of urea groups is 1. The second-order valence-electron chi connectivity index (χ2n) is 7.70. The minimum atomic E-state index is -0.720. The van der Waals surface area contributed by atoms with E-state index in [9.17, 15) is 14.4 Å². The third-order valence-corrected chi connectivity index (χ3v) is 5.73. The van der Waals surface area contributed by atoms with E-state index in [-0.39, 0.29) is 18.4 Å². The van der Waals surface area contributed by atoms with Crippen molar-refractivity contribution in [3.63, 3.8) is 0 Å². The van der Waals surface area contributed by atoms with Crippen LogP contribution in [0, 0.1) is 0 Å². The van der Waals surface area contributed by atoms with Crippen LogP contribution in [-0.4, -0.2) is 42.4 Å². The van der Waals surface area contributed by atoms with Gasteiger partial charge < -0.3 is 16.0 Å². The summed E-state index contributed by atoms with van der Waals surface area (Å²) in [6.07, 6.45) is 2.43. The number of thioether (sulfide) groups is 1. The van der Waals surface area contributed by atoms with E-state index in [2.05, 4.69) is 29.8 Å². The highest BCUT2D eigenvalue weighted by Gasteiger charge is 2.29. The number of anilines is 3. The molecule has 1 aliphatic rings. The van der Waals surface area contributed by atoms with Gasteiger partial charge in [0.15, 0.2) is 0 Å². The van der Waals surface area contributed by atoms with E-state index < -0.39 is 12.1 Å². The Balaban J connectivity index is 1.72. The van der Waals surface area contributed by atoms with E-state index in [4.69, 9.17) is 0 Å². The van der Waals surface area contributed by atoms with Crippen LogP contribution in [0.3, 0.4) is 0 Å². The van der Waals surface area contributed by atoms with Crippen LogP contribution in [0.2, 0.25) is 0 Å². The van der Waals surface area contributed by atoms with Crippen LogP contribution in [0.15, 0.2) is 48.5 Å². The van der Waals surface area contributed by atoms with Gasteiger partial charge in [0.1, 0.15) is 12.6 Å². The molecule has 164 valence electrons. The predicted octanol–water partition coefficient (Wildman–Crippen LogP) is 4.04. The molecule has 1 atom stereocenters. The first-order valence-electron chi connectivity index (χ1n) is 10.3. The Morgan fingerprint density at radius 2 is 1.84 bits per heavy atom. The van der Waals surface area contributed by atoms with Gasteiger partial charge in [-0.05, 0) is 54.2 Å². The van der Waals surface area contributed by atoms with Crippen LogP contribution in [0.25, 0.3) is 0 Å². The van der Waals surface area contributed by atoms with Crippen molar-refractivity contribution in [1.82, 2.24) is 5.32 Å². The summed E-state index contributed by atoms with van der Waals surface area (Å²) in [7, 11) is 0. The molecule has 2 aromatic rings. The Kier molecular flexibility index (Phi) is 7.57. The van der Waals surface area contributed by atoms with Gasteiger partial charge in [0, 0.05) is 5.69 Å². The average Bonchev–Trinajstić information content (AvgIpc) is 2.76. The van der Waals surface area contributed by atoms with Crippen LogP contribution in [0.4, 0.5) is 21.9 Å². The fourth-order valence-corrected chi connectivity index (χ4v) is 3.80. The molecule has 0 aliphatic carbocycles. The number of nitrogens with zero attached hydrogens (tertiary/aromatic N) is 1. The van der Waals surface area contributed by atoms with Crippen LogP contribution < -0.4 is 20.9 Å². The molecule has 1 aliphatic heterocycles. The summed E-state index contributed by atoms with van der Waals surface area (Å²) in [5.41, 5.74) is 3.05. The van der Waals surface area contributed by atoms with E-state index in [0.29, 0.717) is 35.2 Å². The Morgan fingerprint density at radius 1 is 1.13 bits per heavy atom. The van der Waals surface area contributed by atoms with Crippen molar-refractivity contribution in [2.75, 3.05) is 34.1 Å². The van der Waals surface area contributed by atoms with Gasteiger partial charge in [-0.3, -0.25) is 14.5 Å². The van der Waals surface area contributed by atoms with E-state index >= 15 is 0 Å². The van der Waals surface area contributed by atoms with Crippen molar-refractivity contribution in [2.45, 2.75) is 32.2 Å². The van der Waals surface area contributed by atoms with Crippen LogP contribution >= 0.6 is 11.8 Å². The quantitative estimate of drug-likeness (QED) is 0.606. The summed E-state index contributed by atoms with van der Waals surface area (Å²) in [6, 6.07) is 13.6. The van der Waals surface area contributed by atoms with E-state index in [1.807, 2.05) is 30.5 Å². The van der Waals surface area contributed by atoms with Gasteiger partial charge in [0.25, 0.3) is 0 Å². The lowest BCUT2D eigenvalue weighted by atomic mass is 10.0. The molecule has 0 saturated heterocycles. The van der Waals surface area contributed by atoms with Crippen LogP contribution in [-0.2, 0) is 9.59 Å². The number of nitrogens with one attached hydrogen (secondary N) is 3. The number of para-hydroxylation sites is 2. The topological polar surface area (TPSA) is 90.5 Å². The fraction of sp³-hybridized carbons (Fsp3) is 0.348. The highest BCUT2D eigenvalue weighted by atomic mass is 32.2. The van der Waals surface area contributed by atoms with Crippen molar-refractivity contribution in [3.8, 4) is 0 Å². The van der Waals surface area contributed by atoms with Gasteiger partial charge in [-0.15, -0.1) is 0 Å². The number of carbonyl (C=O) groups excluding carboxylic acids is 3. The van der Waals surface area contributed by atoms with E-state index in [1.54, 1.807) is 36.0 Å². The van der Waals surface area contributed by atoms with Gasteiger partial charge in [-0.1, -0.05) is 38.1 Å². The SMILES string of the molecule is CSCC[C@@H](NC(=O)N1CC(=O)Nc2ccccc21)C(=O)Nc1ccc(C(C)C)cc1. The number of benzene rings is 2. The molecule has 31 heavy (non-hydrogen) atoms. The highest BCUT2D eigenvalue weighted by molar-refractivity contribution is 7.98. The minimum absolute atomic E-state index is 0.101. The van der Waals surface area contributed by atoms with Crippen LogP contribution in [0.5, 0.6) is 0 Å². The first-order chi connectivity index (χ1) is 14.9. The molecule has 0 aromatic heterocycles. The van der Waals surface area contributed by atoms with E-state index in [0.717, 1.165) is 0 Å². The normalized spacial score (nSPS) is 13.9. The van der Waals surface area contributed by atoms with Gasteiger partial charge in [0.2, 0.25) is 11.8 Å². The maximum Gasteiger partial charge on any atom is 0.323 e. The molecule has 0 unspecified atom stereocenters. The number of amides is 4. The first kappa shape index (κ1) is 22.7. The predicted molar refractivity (Wildman–Crippen MR) is 127 cm³/mol. The maximum absolute atomic E-state index is 13.0. The molecule has 0 bridgehead atoms. The second-order valence-corrected chi connectivity index (χ2v) is 8.69. The average molecular weight is 441 g/mol. The van der Waals surface area contributed by atoms with Crippen molar-refractivity contribution in [2.24, 2.45) is 0 Å². The third-order valence-electron chi connectivity index (χ3n) is 5.09. The zero-order chi connectivity index (χ0) is 22.4. The molecule has 2 aromatic carbocycles. The third kappa shape index (κ3) is 5.79. The Hall–Kier alpha value is -3.00. The van der Waals surface area contributed by atoms with Crippen LogP contribution in [0.1, 0.15) is 31.7 Å². The van der Waals surface area contributed by atoms with Gasteiger partial charge in [-0.2, -0.15) is 11.8 Å². The van der Waals surface area contributed by atoms with Gasteiger partial charge in [-0.25, -0.2) is 4.79 Å². The summed E-state index contributed by atoms with van der Waals surface area (Å²) in [4.78, 5) is 39.3. The lowest BCUT2D eigenvalue weighted by Gasteiger charge is -2.30. The molecule has 7 nitrogen and oxygen atoms in total. The molecule has 1 heterocycles. The standard InChI is InChI=1S/C23H28N4O3S/c1-15(2)16-8-10-17(11-9-16)24-22(29)19(12-13-31-3)26-23(30)27-14-21(28)25-18-6-4-5-7-20(18)27/h4-11,15,19H,12-14H2,1-3H3,(H,24,29)(H,25,28)(H,26,30)/t19-/m1/s1. The Morgan fingerprint density at radius 3 is 2.52 bits per heavy atom. The monoisotopic (exact) mass is 440 g/mol. The zero-order valence-corrected chi connectivity index (χ0v) is 18.8. The lowest BCUT2D eigenvalue weighted by Crippen LogP contribution is -2.53. The lowest BCUT2D eigenvalue weighted by molar-refractivity contribution is -0.118. The molecule has 0 saturated carbocycles. The second kappa shape index (κ2) is 10.3. The van der Waals surface area contributed by atoms with Crippen molar-refractivity contribution in [1.29, 1.82) is 0 Å². The minimum Gasteiger partial charge on any atom is -0.326 e. The molecule has 0 radical (unpaired) electrons. The Labute approximate surface area is 187 Å². The maximum atomic E-state index is 13.0. The molecule has 4 amide bonds. The summed E-state index contributed by atoms with van der Waals surface area (Å²) in [6.45, 7) is 4.12. The number of rotatable bonds is 7. The van der Waals surface area contributed by atoms with Crippen molar-refractivity contribution in [3.05, 3.63) is 54.1 Å². The molecule has 0 fully saturated rings. The van der Waals surface area contributed by atoms with Crippen molar-refractivity contribution >= 4 is 46.7 Å².